The van der Waals surface area contributed by atoms with Gasteiger partial charge in [-0.3, -0.25) is 9.78 Å². The molecule has 2 rings (SSSR count). The van der Waals surface area contributed by atoms with E-state index in [9.17, 15) is 13.2 Å². The molecule has 110 valence electrons. The molecule has 1 atom stereocenters. The summed E-state index contributed by atoms with van der Waals surface area (Å²) in [6, 6.07) is 0. The molecule has 0 aliphatic carbocycles. The summed E-state index contributed by atoms with van der Waals surface area (Å²) in [6.07, 6.45) is 1.37. The van der Waals surface area contributed by atoms with E-state index in [1.807, 2.05) is 0 Å². The van der Waals surface area contributed by atoms with Crippen LogP contribution in [0.25, 0.3) is 0 Å². The van der Waals surface area contributed by atoms with Gasteiger partial charge in [0.05, 0.1) is 32.3 Å². The Balaban J connectivity index is 2.28. The molecule has 1 saturated heterocycles. The highest BCUT2D eigenvalue weighted by molar-refractivity contribution is 7.92. The average molecular weight is 337 g/mol. The van der Waals surface area contributed by atoms with E-state index in [4.69, 9.17) is 23.2 Å². The van der Waals surface area contributed by atoms with Crippen LogP contribution in [0.15, 0.2) is 6.20 Å². The van der Waals surface area contributed by atoms with E-state index in [0.29, 0.717) is 5.69 Å². The molecule has 0 radical (unpaired) electrons. The summed E-state index contributed by atoms with van der Waals surface area (Å²) in [5.41, 5.74) is 0.747. The molecule has 1 aliphatic rings. The molecule has 1 aromatic rings. The number of rotatable bonds is 1. The van der Waals surface area contributed by atoms with Gasteiger partial charge in [0.15, 0.2) is 9.84 Å². The van der Waals surface area contributed by atoms with Gasteiger partial charge in [0.25, 0.3) is 5.91 Å². The van der Waals surface area contributed by atoms with Crippen molar-refractivity contribution in [3.63, 3.8) is 0 Å². The van der Waals surface area contributed by atoms with Crippen molar-refractivity contribution in [3.8, 4) is 0 Å². The first-order chi connectivity index (χ1) is 9.24. The zero-order valence-electron chi connectivity index (χ0n) is 11.1. The third-order valence-electron chi connectivity index (χ3n) is 3.39. The van der Waals surface area contributed by atoms with Crippen LogP contribution in [0, 0.1) is 6.92 Å². The Morgan fingerprint density at radius 2 is 2.05 bits per heavy atom. The minimum atomic E-state index is -3.10. The van der Waals surface area contributed by atoms with E-state index < -0.39 is 15.1 Å². The Bertz CT molecular complexity index is 661. The topological polar surface area (TPSA) is 67.3 Å². The second kappa shape index (κ2) is 5.50. The molecule has 1 fully saturated rings. The number of sulfone groups is 1. The number of hydrogen-bond donors (Lipinski definition) is 0. The lowest BCUT2D eigenvalue weighted by atomic mass is 10.2. The zero-order chi connectivity index (χ0) is 15.1. The monoisotopic (exact) mass is 336 g/mol. The van der Waals surface area contributed by atoms with Crippen LogP contribution < -0.4 is 0 Å². The predicted molar refractivity (Wildman–Crippen MR) is 78.1 cm³/mol. The SMILES string of the molecule is Cc1ncc(C(=O)N2CCS(=O)(=O)C(C)C2)c(Cl)c1Cl. The lowest BCUT2D eigenvalue weighted by Crippen LogP contribution is -2.48. The van der Waals surface area contributed by atoms with E-state index in [2.05, 4.69) is 4.98 Å². The fourth-order valence-corrected chi connectivity index (χ4v) is 3.71. The average Bonchev–Trinajstić information content (AvgIpc) is 2.39. The highest BCUT2D eigenvalue weighted by Gasteiger charge is 2.33. The summed E-state index contributed by atoms with van der Waals surface area (Å²) in [6.45, 7) is 3.60. The first-order valence-corrected chi connectivity index (χ1v) is 8.52. The molecule has 0 aromatic carbocycles. The van der Waals surface area contributed by atoms with Crippen molar-refractivity contribution in [2.45, 2.75) is 19.1 Å². The maximum atomic E-state index is 12.4. The highest BCUT2D eigenvalue weighted by Crippen LogP contribution is 2.29. The van der Waals surface area contributed by atoms with Crippen LogP contribution in [-0.2, 0) is 9.84 Å². The molecule has 20 heavy (non-hydrogen) atoms. The van der Waals surface area contributed by atoms with Crippen molar-refractivity contribution < 1.29 is 13.2 Å². The van der Waals surface area contributed by atoms with Crippen LogP contribution >= 0.6 is 23.2 Å². The summed E-state index contributed by atoms with van der Waals surface area (Å²) < 4.78 is 23.3. The summed E-state index contributed by atoms with van der Waals surface area (Å²) in [7, 11) is -3.10. The Labute approximate surface area is 127 Å². The first-order valence-electron chi connectivity index (χ1n) is 6.05. The fraction of sp³-hybridized carbons (Fsp3) is 0.500. The number of halogens is 2. The van der Waals surface area contributed by atoms with Crippen LogP contribution in [0.5, 0.6) is 0 Å². The van der Waals surface area contributed by atoms with Crippen molar-refractivity contribution in [1.29, 1.82) is 0 Å². The Morgan fingerprint density at radius 1 is 1.40 bits per heavy atom. The summed E-state index contributed by atoms with van der Waals surface area (Å²) >= 11 is 12.0. The number of carbonyl (C=O) groups excluding carboxylic acids is 1. The van der Waals surface area contributed by atoms with E-state index in [1.54, 1.807) is 13.8 Å². The fourth-order valence-electron chi connectivity index (χ4n) is 2.01. The molecule has 1 aromatic heterocycles. The zero-order valence-corrected chi connectivity index (χ0v) is 13.4. The van der Waals surface area contributed by atoms with Crippen LogP contribution in [-0.4, -0.2) is 48.3 Å². The molecule has 1 aliphatic heterocycles. The summed E-state index contributed by atoms with van der Waals surface area (Å²) in [5.74, 6) is -0.379. The maximum absolute atomic E-state index is 12.4. The maximum Gasteiger partial charge on any atom is 0.257 e. The quantitative estimate of drug-likeness (QED) is 0.786. The second-order valence-electron chi connectivity index (χ2n) is 4.81. The van der Waals surface area contributed by atoms with Crippen LogP contribution in [0.4, 0.5) is 0 Å². The minimum absolute atomic E-state index is 0.0372. The third kappa shape index (κ3) is 2.77. The summed E-state index contributed by atoms with van der Waals surface area (Å²) in [5, 5.41) is -0.173. The number of carbonyl (C=O) groups is 1. The van der Waals surface area contributed by atoms with E-state index in [0.717, 1.165) is 0 Å². The van der Waals surface area contributed by atoms with Crippen molar-refractivity contribution in [2.24, 2.45) is 0 Å². The van der Waals surface area contributed by atoms with Crippen LogP contribution in [0.2, 0.25) is 10.0 Å². The molecule has 0 bridgehead atoms. The Morgan fingerprint density at radius 3 is 2.65 bits per heavy atom. The summed E-state index contributed by atoms with van der Waals surface area (Å²) in [4.78, 5) is 17.9. The predicted octanol–water partition coefficient (Wildman–Crippen LogP) is 1.96. The number of aromatic nitrogens is 1. The number of amides is 1. The van der Waals surface area contributed by atoms with Gasteiger partial charge < -0.3 is 4.90 Å². The Hall–Kier alpha value is -0.850. The lowest BCUT2D eigenvalue weighted by molar-refractivity contribution is 0.0760. The second-order valence-corrected chi connectivity index (χ2v) is 8.11. The minimum Gasteiger partial charge on any atom is -0.336 e. The molecular weight excluding hydrogens is 323 g/mol. The van der Waals surface area contributed by atoms with Gasteiger partial charge in [-0.25, -0.2) is 8.42 Å². The number of pyridine rings is 1. The third-order valence-corrected chi connectivity index (χ3v) is 6.47. The molecule has 1 amide bonds. The van der Waals surface area contributed by atoms with Crippen molar-refractivity contribution in [3.05, 3.63) is 27.5 Å². The van der Waals surface area contributed by atoms with Crippen molar-refractivity contribution in [1.82, 2.24) is 9.88 Å². The standard InChI is InChI=1S/C12H14Cl2N2O3S/c1-7-6-16(3-4-20(7,18)19)12(17)9-5-15-8(2)10(13)11(9)14/h5,7H,3-4,6H2,1-2H3. The van der Waals surface area contributed by atoms with Gasteiger partial charge in [-0.15, -0.1) is 0 Å². The van der Waals surface area contributed by atoms with Crippen molar-refractivity contribution >= 4 is 38.9 Å². The molecule has 0 saturated carbocycles. The molecule has 1 unspecified atom stereocenters. The van der Waals surface area contributed by atoms with Gasteiger partial charge in [-0.05, 0) is 13.8 Å². The number of aryl methyl sites for hydroxylation is 1. The molecule has 5 nitrogen and oxygen atoms in total. The Kier molecular flexibility index (Phi) is 4.27. The van der Waals surface area contributed by atoms with E-state index >= 15 is 0 Å². The van der Waals surface area contributed by atoms with E-state index in [-0.39, 0.29) is 40.4 Å². The molecule has 0 spiro atoms. The first kappa shape index (κ1) is 15.5. The van der Waals surface area contributed by atoms with Gasteiger partial charge in [0.2, 0.25) is 0 Å². The smallest absolute Gasteiger partial charge is 0.257 e. The van der Waals surface area contributed by atoms with Gasteiger partial charge in [0, 0.05) is 19.3 Å². The molecule has 8 heteroatoms. The van der Waals surface area contributed by atoms with Gasteiger partial charge >= 0.3 is 0 Å². The van der Waals surface area contributed by atoms with Crippen LogP contribution in [0.1, 0.15) is 23.0 Å². The van der Waals surface area contributed by atoms with Gasteiger partial charge in [0.1, 0.15) is 0 Å². The van der Waals surface area contributed by atoms with Crippen molar-refractivity contribution in [2.75, 3.05) is 18.8 Å². The van der Waals surface area contributed by atoms with Crippen LogP contribution in [0.3, 0.4) is 0 Å². The molecule has 2 heterocycles. The largest absolute Gasteiger partial charge is 0.336 e. The number of nitrogens with zero attached hydrogens (tertiary/aromatic N) is 2. The van der Waals surface area contributed by atoms with Gasteiger partial charge in [-0.1, -0.05) is 23.2 Å². The molecular formula is C12H14Cl2N2O3S. The lowest BCUT2D eigenvalue weighted by Gasteiger charge is -2.31. The van der Waals surface area contributed by atoms with E-state index in [1.165, 1.54) is 11.1 Å². The molecule has 0 N–H and O–H groups in total. The highest BCUT2D eigenvalue weighted by atomic mass is 35.5. The normalized spacial score (nSPS) is 21.8. The number of hydrogen-bond acceptors (Lipinski definition) is 4. The van der Waals surface area contributed by atoms with Gasteiger partial charge in [-0.2, -0.15) is 0 Å².